The predicted octanol–water partition coefficient (Wildman–Crippen LogP) is 3.64. The zero-order valence-corrected chi connectivity index (χ0v) is 19.3. The fraction of sp³-hybridized carbons (Fsp3) is 0.250. The van der Waals surface area contributed by atoms with Crippen LogP contribution in [0.1, 0.15) is 36.9 Å². The van der Waals surface area contributed by atoms with Gasteiger partial charge in [-0.15, -0.1) is 0 Å². The number of amides is 1. The molecule has 4 aromatic heterocycles. The minimum absolute atomic E-state index is 0.0459. The van der Waals surface area contributed by atoms with Crippen LogP contribution in [0.4, 0.5) is 8.78 Å². The van der Waals surface area contributed by atoms with Gasteiger partial charge in [0.1, 0.15) is 5.58 Å². The minimum Gasteiger partial charge on any atom is -0.450 e. The van der Waals surface area contributed by atoms with Gasteiger partial charge in [-0.3, -0.25) is 14.6 Å². The molecule has 0 aliphatic rings. The summed E-state index contributed by atoms with van der Waals surface area (Å²) in [5, 5.41) is 13.2. The summed E-state index contributed by atoms with van der Waals surface area (Å²) in [6.07, 6.45) is 4.31. The highest BCUT2D eigenvalue weighted by atomic mass is 19.1. The van der Waals surface area contributed by atoms with Gasteiger partial charge in [0.15, 0.2) is 17.4 Å². The quantitative estimate of drug-likeness (QED) is 0.429. The van der Waals surface area contributed by atoms with Crippen molar-refractivity contribution in [2.75, 3.05) is 6.54 Å². The third-order valence-electron chi connectivity index (χ3n) is 5.27. The lowest BCUT2D eigenvalue weighted by molar-refractivity contribution is 0.0782. The van der Waals surface area contributed by atoms with Crippen LogP contribution < -0.4 is 15.6 Å². The summed E-state index contributed by atoms with van der Waals surface area (Å²) in [7, 11) is 1.50. The van der Waals surface area contributed by atoms with Gasteiger partial charge in [0.25, 0.3) is 11.5 Å². The number of nitrogens with one attached hydrogen (secondary N) is 1. The van der Waals surface area contributed by atoms with Crippen LogP contribution in [0.3, 0.4) is 0 Å². The van der Waals surface area contributed by atoms with E-state index < -0.39 is 34.5 Å². The Morgan fingerprint density at radius 2 is 1.89 bits per heavy atom. The van der Waals surface area contributed by atoms with E-state index in [9.17, 15) is 23.5 Å². The molecule has 35 heavy (non-hydrogen) atoms. The Morgan fingerprint density at radius 3 is 2.51 bits per heavy atom. The van der Waals surface area contributed by atoms with E-state index in [1.165, 1.54) is 50.0 Å². The lowest BCUT2D eigenvalue weighted by Gasteiger charge is -2.20. The second-order valence-electron chi connectivity index (χ2n) is 8.34. The van der Waals surface area contributed by atoms with Gasteiger partial charge in [0.2, 0.25) is 11.6 Å². The normalized spacial score (nSPS) is 11.6. The molecule has 2 N–H and O–H groups in total. The zero-order valence-electron chi connectivity index (χ0n) is 19.3. The van der Waals surface area contributed by atoms with Crippen molar-refractivity contribution in [3.8, 4) is 22.8 Å². The van der Waals surface area contributed by atoms with Crippen LogP contribution >= 0.6 is 0 Å². The Balaban J connectivity index is 2.00. The maximum atomic E-state index is 14.3. The minimum atomic E-state index is -1.33. The number of hydrogen-bond donors (Lipinski definition) is 2. The molecule has 0 saturated heterocycles. The summed E-state index contributed by atoms with van der Waals surface area (Å²) in [6, 6.07) is 2.83. The first kappa shape index (κ1) is 24.0. The van der Waals surface area contributed by atoms with Crippen molar-refractivity contribution in [3.05, 3.63) is 70.2 Å². The number of aromatic nitrogens is 3. The third kappa shape index (κ3) is 4.50. The summed E-state index contributed by atoms with van der Waals surface area (Å²) in [5.74, 6) is -3.66. The number of pyridine rings is 3. The highest BCUT2D eigenvalue weighted by Crippen LogP contribution is 2.39. The smallest absolute Gasteiger partial charge is 0.287 e. The number of rotatable bonds is 6. The van der Waals surface area contributed by atoms with E-state index in [0.29, 0.717) is 12.1 Å². The van der Waals surface area contributed by atoms with Gasteiger partial charge in [0.05, 0.1) is 28.9 Å². The van der Waals surface area contributed by atoms with Crippen molar-refractivity contribution in [3.63, 3.8) is 0 Å². The second-order valence-corrected chi connectivity index (χ2v) is 8.34. The van der Waals surface area contributed by atoms with E-state index in [4.69, 9.17) is 9.15 Å². The summed E-state index contributed by atoms with van der Waals surface area (Å²) in [6.45, 7) is 5.15. The van der Waals surface area contributed by atoms with Crippen LogP contribution in [0, 0.1) is 11.6 Å². The first-order valence-corrected chi connectivity index (χ1v) is 10.6. The molecule has 4 heterocycles. The lowest BCUT2D eigenvalue weighted by atomic mass is 9.96. The predicted molar refractivity (Wildman–Crippen MR) is 122 cm³/mol. The largest absolute Gasteiger partial charge is 0.450 e. The molecule has 0 unspecified atom stereocenters. The average molecular weight is 484 g/mol. The number of aryl methyl sites for hydroxylation is 1. The van der Waals surface area contributed by atoms with E-state index in [2.05, 4.69) is 15.3 Å². The number of furan rings is 1. The molecule has 0 aliphatic heterocycles. The van der Waals surface area contributed by atoms with Crippen molar-refractivity contribution < 1.29 is 27.8 Å². The molecule has 0 radical (unpaired) electrons. The molecule has 0 aromatic carbocycles. The molecule has 182 valence electrons. The van der Waals surface area contributed by atoms with Crippen LogP contribution in [-0.2, 0) is 12.6 Å². The fourth-order valence-corrected chi connectivity index (χ4v) is 3.46. The maximum Gasteiger partial charge on any atom is 0.287 e. The van der Waals surface area contributed by atoms with Gasteiger partial charge in [0, 0.05) is 43.2 Å². The molecule has 1 amide bonds. The molecule has 9 nitrogen and oxygen atoms in total. The van der Waals surface area contributed by atoms with E-state index in [-0.39, 0.29) is 33.7 Å². The van der Waals surface area contributed by atoms with Crippen LogP contribution in [-0.4, -0.2) is 32.1 Å². The molecule has 0 fully saturated rings. The van der Waals surface area contributed by atoms with E-state index in [0.717, 1.165) is 12.4 Å². The first-order valence-electron chi connectivity index (χ1n) is 10.6. The number of halogens is 2. The molecule has 4 rings (SSSR count). The molecule has 0 atom stereocenters. The van der Waals surface area contributed by atoms with E-state index >= 15 is 0 Å². The van der Waals surface area contributed by atoms with Crippen molar-refractivity contribution in [2.24, 2.45) is 7.05 Å². The molecule has 0 aliphatic carbocycles. The number of nitrogens with zero attached hydrogens (tertiary/aromatic N) is 3. The number of ether oxygens (including phenoxy) is 1. The highest BCUT2D eigenvalue weighted by Gasteiger charge is 2.25. The van der Waals surface area contributed by atoms with Crippen molar-refractivity contribution in [2.45, 2.75) is 26.4 Å². The molecule has 4 aromatic rings. The number of hydrogen-bond acceptors (Lipinski definition) is 7. The number of fused-ring (bicyclic) bond motifs is 1. The maximum absolute atomic E-state index is 14.3. The Hall–Kier alpha value is -4.12. The van der Waals surface area contributed by atoms with Crippen LogP contribution in [0.25, 0.3) is 22.1 Å². The molecule has 0 spiro atoms. The highest BCUT2D eigenvalue weighted by molar-refractivity contribution is 6.00. The van der Waals surface area contributed by atoms with Gasteiger partial charge in [-0.25, -0.2) is 13.8 Å². The van der Waals surface area contributed by atoms with Crippen LogP contribution in [0.2, 0.25) is 0 Å². The van der Waals surface area contributed by atoms with Crippen molar-refractivity contribution in [1.82, 2.24) is 19.9 Å². The summed E-state index contributed by atoms with van der Waals surface area (Å²) in [5.41, 5.74) is -0.942. The Morgan fingerprint density at radius 1 is 1.20 bits per heavy atom. The molecule has 0 saturated carbocycles. The third-order valence-corrected chi connectivity index (χ3v) is 5.27. The van der Waals surface area contributed by atoms with Gasteiger partial charge in [-0.05, 0) is 26.8 Å². The molecule has 11 heteroatoms. The standard InChI is InChI=1S/C24H22F2N4O5/c1-5-28-21(31)18-7-14-19(34-18)15(11-30(4)23(14)32)13-6-12(24(2,3)33)8-29-22(13)35-20-16(25)9-27-10-17(20)26/h6-11,33H,5H2,1-4H3,(H,28,31). The zero-order chi connectivity index (χ0) is 25.5. The van der Waals surface area contributed by atoms with Gasteiger partial charge >= 0.3 is 0 Å². The van der Waals surface area contributed by atoms with E-state index in [1.807, 2.05) is 0 Å². The Kier molecular flexibility index (Phi) is 6.12. The van der Waals surface area contributed by atoms with Crippen LogP contribution in [0.5, 0.6) is 11.6 Å². The second kappa shape index (κ2) is 8.91. The number of carbonyl (C=O) groups excluding carboxylic acids is 1. The fourth-order valence-electron chi connectivity index (χ4n) is 3.46. The lowest BCUT2D eigenvalue weighted by Crippen LogP contribution is -2.22. The SMILES string of the molecule is CCNC(=O)c1cc2c(=O)n(C)cc(-c3cc(C(C)(C)O)cnc3Oc3c(F)cncc3F)c2o1. The summed E-state index contributed by atoms with van der Waals surface area (Å²) >= 11 is 0. The number of carbonyl (C=O) groups is 1. The summed E-state index contributed by atoms with van der Waals surface area (Å²) < 4.78 is 41.1. The Bertz CT molecular complexity index is 1480. The molecular formula is C24H22F2N4O5. The van der Waals surface area contributed by atoms with Gasteiger partial charge < -0.3 is 24.1 Å². The average Bonchev–Trinajstić information content (AvgIpc) is 3.24. The Labute approximate surface area is 198 Å². The summed E-state index contributed by atoms with van der Waals surface area (Å²) in [4.78, 5) is 32.7. The van der Waals surface area contributed by atoms with Gasteiger partial charge in [-0.2, -0.15) is 0 Å². The molecular weight excluding hydrogens is 462 g/mol. The molecule has 0 bridgehead atoms. The van der Waals surface area contributed by atoms with Gasteiger partial charge in [-0.1, -0.05) is 0 Å². The van der Waals surface area contributed by atoms with Crippen molar-refractivity contribution >= 4 is 16.9 Å². The van der Waals surface area contributed by atoms with Crippen molar-refractivity contribution in [1.29, 1.82) is 0 Å². The number of aliphatic hydroxyl groups is 1. The first-order chi connectivity index (χ1) is 16.5. The topological polar surface area (TPSA) is 119 Å². The van der Waals surface area contributed by atoms with E-state index in [1.54, 1.807) is 6.92 Å². The monoisotopic (exact) mass is 484 g/mol. The van der Waals surface area contributed by atoms with Crippen LogP contribution in [0.15, 0.2) is 46.1 Å².